The minimum Gasteiger partial charge on any atom is -0.351 e. The molecule has 3 atom stereocenters. The molecule has 42 heavy (non-hydrogen) atoms. The number of amides is 3. The fourth-order valence-electron chi connectivity index (χ4n) is 5.75. The number of allylic oxidation sites excluding steroid dienone is 3. The van der Waals surface area contributed by atoms with Gasteiger partial charge in [0.15, 0.2) is 0 Å². The standard InChI is InChI=1S/C30H27F4N5O3/c1-29(11-3-2-7-23(29)32)26(27(41)37-20-15-30(33,34)16-20)38(21-6-4-5-19(31)14-21)28(42)22-8-9-25(40)39(22)24-13-18(17-35)10-12-36-24/h2-7,10,12-14,20,22,26H,8-9,11,15-16H2,1H3,(H,37,41)/t22-,26+,29?/m0/s1. The Labute approximate surface area is 239 Å². The Balaban J connectivity index is 1.61. The molecule has 1 saturated heterocycles. The molecule has 0 spiro atoms. The molecule has 218 valence electrons. The van der Waals surface area contributed by atoms with Crippen LogP contribution in [0.1, 0.15) is 44.6 Å². The van der Waals surface area contributed by atoms with Crippen molar-refractivity contribution in [1.82, 2.24) is 10.3 Å². The number of carbonyl (C=O) groups is 3. The Bertz CT molecular complexity index is 1530. The smallest absolute Gasteiger partial charge is 0.252 e. The van der Waals surface area contributed by atoms with E-state index in [0.717, 1.165) is 28.0 Å². The van der Waals surface area contributed by atoms with Gasteiger partial charge in [0, 0.05) is 37.2 Å². The van der Waals surface area contributed by atoms with Gasteiger partial charge in [0.2, 0.25) is 11.8 Å². The first kappa shape index (κ1) is 29.0. The predicted molar refractivity (Wildman–Crippen MR) is 144 cm³/mol. The van der Waals surface area contributed by atoms with Crippen LogP contribution in [0.15, 0.2) is 66.6 Å². The average Bonchev–Trinajstić information content (AvgIpc) is 3.33. The highest BCUT2D eigenvalue weighted by molar-refractivity contribution is 6.10. The Kier molecular flexibility index (Phi) is 7.62. The van der Waals surface area contributed by atoms with Gasteiger partial charge in [0.1, 0.15) is 29.5 Å². The van der Waals surface area contributed by atoms with Crippen LogP contribution in [0.3, 0.4) is 0 Å². The highest BCUT2D eigenvalue weighted by Crippen LogP contribution is 2.44. The van der Waals surface area contributed by atoms with Crippen molar-refractivity contribution in [3.63, 3.8) is 0 Å². The first-order valence-electron chi connectivity index (χ1n) is 13.4. The SMILES string of the molecule is CC1([C@@H](C(=O)NC2CC(F)(F)C2)N(C(=O)[C@@H]2CCC(=O)N2c2cc(C#N)ccn2)c2cccc(F)c2)CC=CC=C1F. The van der Waals surface area contributed by atoms with Gasteiger partial charge in [-0.1, -0.05) is 25.1 Å². The van der Waals surface area contributed by atoms with Crippen molar-refractivity contribution in [2.24, 2.45) is 5.41 Å². The van der Waals surface area contributed by atoms with E-state index in [1.807, 2.05) is 6.07 Å². The molecule has 1 unspecified atom stereocenters. The second-order valence-corrected chi connectivity index (χ2v) is 11.0. The predicted octanol–water partition coefficient (Wildman–Crippen LogP) is 4.72. The second kappa shape index (κ2) is 11.0. The number of nitrogens with zero attached hydrogens (tertiary/aromatic N) is 4. The molecule has 3 amide bonds. The van der Waals surface area contributed by atoms with E-state index in [-0.39, 0.29) is 36.3 Å². The molecule has 1 aromatic carbocycles. The van der Waals surface area contributed by atoms with Gasteiger partial charge in [-0.2, -0.15) is 5.26 Å². The van der Waals surface area contributed by atoms with Crippen LogP contribution in [0, 0.1) is 22.6 Å². The number of benzene rings is 1. The third-order valence-electron chi connectivity index (χ3n) is 7.95. The van der Waals surface area contributed by atoms with Gasteiger partial charge in [0.25, 0.3) is 11.8 Å². The van der Waals surface area contributed by atoms with Gasteiger partial charge in [-0.25, -0.2) is 22.5 Å². The van der Waals surface area contributed by atoms with Crippen molar-refractivity contribution in [3.8, 4) is 6.07 Å². The lowest BCUT2D eigenvalue weighted by Crippen LogP contribution is -2.63. The van der Waals surface area contributed by atoms with E-state index >= 15 is 4.39 Å². The number of carbonyl (C=O) groups excluding carboxylic acids is 3. The van der Waals surface area contributed by atoms with Gasteiger partial charge < -0.3 is 5.32 Å². The zero-order chi connectivity index (χ0) is 30.2. The van der Waals surface area contributed by atoms with E-state index in [4.69, 9.17) is 0 Å². The lowest BCUT2D eigenvalue weighted by molar-refractivity contribution is -0.135. The summed E-state index contributed by atoms with van der Waals surface area (Å²) in [5.74, 6) is -6.58. The summed E-state index contributed by atoms with van der Waals surface area (Å²) < 4.78 is 57.5. The molecule has 8 nitrogen and oxygen atoms in total. The van der Waals surface area contributed by atoms with Crippen molar-refractivity contribution in [2.75, 3.05) is 9.80 Å². The molecule has 0 radical (unpaired) electrons. The summed E-state index contributed by atoms with van der Waals surface area (Å²) in [7, 11) is 0. The van der Waals surface area contributed by atoms with E-state index in [0.29, 0.717) is 0 Å². The minimum absolute atomic E-state index is 0.0000680. The first-order valence-corrected chi connectivity index (χ1v) is 13.4. The highest BCUT2D eigenvalue weighted by atomic mass is 19.3. The molecule has 12 heteroatoms. The summed E-state index contributed by atoms with van der Waals surface area (Å²) >= 11 is 0. The molecule has 0 bridgehead atoms. The zero-order valence-corrected chi connectivity index (χ0v) is 22.6. The molecule has 5 rings (SSSR count). The summed E-state index contributed by atoms with van der Waals surface area (Å²) in [6, 6.07) is 5.75. The molecule has 2 aromatic rings. The average molecular weight is 582 g/mol. The maximum atomic E-state index is 15.7. The molecular weight excluding hydrogens is 554 g/mol. The van der Waals surface area contributed by atoms with Crippen molar-refractivity contribution in [2.45, 2.75) is 63.1 Å². The number of anilines is 2. The van der Waals surface area contributed by atoms with Crippen molar-refractivity contribution < 1.29 is 31.9 Å². The highest BCUT2D eigenvalue weighted by Gasteiger charge is 2.53. The maximum Gasteiger partial charge on any atom is 0.252 e. The fourth-order valence-corrected chi connectivity index (χ4v) is 5.75. The fraction of sp³-hybridized carbons (Fsp3) is 0.367. The zero-order valence-electron chi connectivity index (χ0n) is 22.6. The normalized spacial score (nSPS) is 23.9. The van der Waals surface area contributed by atoms with E-state index in [2.05, 4.69) is 10.3 Å². The summed E-state index contributed by atoms with van der Waals surface area (Å²) in [6.07, 6.45) is 4.21. The summed E-state index contributed by atoms with van der Waals surface area (Å²) in [5.41, 5.74) is -1.56. The van der Waals surface area contributed by atoms with Crippen LogP contribution < -0.4 is 15.1 Å². The molecule has 2 heterocycles. The number of pyridine rings is 1. The molecular formula is C30H27F4N5O3. The van der Waals surface area contributed by atoms with Gasteiger partial charge in [0.05, 0.1) is 17.0 Å². The lowest BCUT2D eigenvalue weighted by Gasteiger charge is -2.45. The Morgan fingerprint density at radius 1 is 1.21 bits per heavy atom. The van der Waals surface area contributed by atoms with Crippen LogP contribution >= 0.6 is 0 Å². The van der Waals surface area contributed by atoms with Crippen LogP contribution in [0.4, 0.5) is 29.1 Å². The van der Waals surface area contributed by atoms with Gasteiger partial charge in [-0.3, -0.25) is 24.2 Å². The summed E-state index contributed by atoms with van der Waals surface area (Å²) in [4.78, 5) is 47.7. The lowest BCUT2D eigenvalue weighted by atomic mass is 9.73. The number of nitriles is 1. The molecule has 1 aromatic heterocycles. The number of alkyl halides is 2. The van der Waals surface area contributed by atoms with E-state index in [1.54, 1.807) is 6.08 Å². The number of aromatic nitrogens is 1. The van der Waals surface area contributed by atoms with Crippen LogP contribution in [0.5, 0.6) is 0 Å². The number of hydrogen-bond acceptors (Lipinski definition) is 5. The number of halogens is 4. The number of nitrogens with one attached hydrogen (secondary N) is 1. The molecule has 1 aliphatic heterocycles. The number of hydrogen-bond donors (Lipinski definition) is 1. The summed E-state index contributed by atoms with van der Waals surface area (Å²) in [6.45, 7) is 1.43. The molecule has 1 saturated carbocycles. The third kappa shape index (κ3) is 5.38. The van der Waals surface area contributed by atoms with Crippen molar-refractivity contribution in [3.05, 3.63) is 78.0 Å². The Hall–Kier alpha value is -4.53. The topological polar surface area (TPSA) is 106 Å². The largest absolute Gasteiger partial charge is 0.351 e. The van der Waals surface area contributed by atoms with Crippen molar-refractivity contribution in [1.29, 1.82) is 5.26 Å². The van der Waals surface area contributed by atoms with Crippen LogP contribution in [-0.2, 0) is 14.4 Å². The summed E-state index contributed by atoms with van der Waals surface area (Å²) in [5, 5.41) is 11.9. The quantitative estimate of drug-likeness (QED) is 0.477. The maximum absolute atomic E-state index is 15.7. The monoisotopic (exact) mass is 581 g/mol. The van der Waals surface area contributed by atoms with E-state index in [9.17, 15) is 32.8 Å². The van der Waals surface area contributed by atoms with E-state index in [1.165, 1.54) is 43.5 Å². The Morgan fingerprint density at radius 2 is 1.98 bits per heavy atom. The number of rotatable bonds is 7. The molecule has 1 N–H and O–H groups in total. The van der Waals surface area contributed by atoms with Crippen LogP contribution in [-0.4, -0.2) is 46.8 Å². The molecule has 2 aliphatic carbocycles. The third-order valence-corrected chi connectivity index (χ3v) is 7.95. The second-order valence-electron chi connectivity index (χ2n) is 11.0. The van der Waals surface area contributed by atoms with E-state index < -0.39 is 71.7 Å². The van der Waals surface area contributed by atoms with Crippen LogP contribution in [0.25, 0.3) is 0 Å². The molecule has 3 aliphatic rings. The van der Waals surface area contributed by atoms with Gasteiger partial charge >= 0.3 is 0 Å². The molecule has 2 fully saturated rings. The van der Waals surface area contributed by atoms with Crippen molar-refractivity contribution >= 4 is 29.2 Å². The minimum atomic E-state index is -2.95. The van der Waals surface area contributed by atoms with Crippen LogP contribution in [0.2, 0.25) is 0 Å². The van der Waals surface area contributed by atoms with Gasteiger partial charge in [-0.15, -0.1) is 0 Å². The first-order chi connectivity index (χ1) is 19.9. The van der Waals surface area contributed by atoms with Gasteiger partial charge in [-0.05, 0) is 49.2 Å². The Morgan fingerprint density at radius 3 is 2.64 bits per heavy atom.